The van der Waals surface area contributed by atoms with Crippen LogP contribution in [0.1, 0.15) is 5.69 Å². The molecule has 1 aliphatic rings. The van der Waals surface area contributed by atoms with E-state index < -0.39 is 0 Å². The second-order valence-corrected chi connectivity index (χ2v) is 7.41. The number of hydrogen-bond acceptors (Lipinski definition) is 5. The highest BCUT2D eigenvalue weighted by atomic mass is 35.5. The summed E-state index contributed by atoms with van der Waals surface area (Å²) < 4.78 is 7.09. The van der Waals surface area contributed by atoms with Crippen LogP contribution in [0.2, 0.25) is 5.15 Å². The van der Waals surface area contributed by atoms with E-state index >= 15 is 0 Å². The molecule has 31 heavy (non-hydrogen) atoms. The minimum atomic E-state index is -0.300. The standard InChI is InChI=1S/C22H22ClN5O3/c23-22-18(28-10-2-1-3-19(28)26-22)8-9-20(29)24-16-4-6-17(7-5-16)25-21(30)15-27-11-13-31-14-12-27/h1-10H,11-15H2,(H,24,29)(H,25,30)/b9-8+. The van der Waals surface area contributed by atoms with Crippen LogP contribution in [0.15, 0.2) is 54.7 Å². The summed E-state index contributed by atoms with van der Waals surface area (Å²) in [7, 11) is 0. The van der Waals surface area contributed by atoms with E-state index in [9.17, 15) is 9.59 Å². The van der Waals surface area contributed by atoms with Crippen molar-refractivity contribution in [1.82, 2.24) is 14.3 Å². The van der Waals surface area contributed by atoms with Crippen molar-refractivity contribution < 1.29 is 14.3 Å². The fourth-order valence-corrected chi connectivity index (χ4v) is 3.51. The number of imidazole rings is 1. The molecular weight excluding hydrogens is 418 g/mol. The van der Waals surface area contributed by atoms with E-state index in [-0.39, 0.29) is 11.8 Å². The van der Waals surface area contributed by atoms with Crippen molar-refractivity contribution in [2.75, 3.05) is 43.5 Å². The lowest BCUT2D eigenvalue weighted by molar-refractivity contribution is -0.118. The maximum absolute atomic E-state index is 12.3. The Morgan fingerprint density at radius 1 is 1.06 bits per heavy atom. The minimum Gasteiger partial charge on any atom is -0.379 e. The van der Waals surface area contributed by atoms with E-state index in [0.29, 0.717) is 47.6 Å². The van der Waals surface area contributed by atoms with Crippen LogP contribution >= 0.6 is 11.6 Å². The molecule has 0 aliphatic carbocycles. The van der Waals surface area contributed by atoms with Gasteiger partial charge < -0.3 is 15.4 Å². The Labute approximate surface area is 184 Å². The highest BCUT2D eigenvalue weighted by Crippen LogP contribution is 2.19. The van der Waals surface area contributed by atoms with Crippen molar-refractivity contribution in [3.63, 3.8) is 0 Å². The number of rotatable bonds is 6. The molecule has 1 aliphatic heterocycles. The Morgan fingerprint density at radius 2 is 1.77 bits per heavy atom. The molecule has 1 saturated heterocycles. The number of hydrogen-bond donors (Lipinski definition) is 2. The largest absolute Gasteiger partial charge is 0.379 e. The predicted molar refractivity (Wildman–Crippen MR) is 120 cm³/mol. The Kier molecular flexibility index (Phi) is 6.61. The Balaban J connectivity index is 1.32. The molecule has 0 bridgehead atoms. The number of halogens is 1. The number of aromatic nitrogens is 2. The first-order valence-electron chi connectivity index (χ1n) is 9.90. The number of fused-ring (bicyclic) bond motifs is 1. The van der Waals surface area contributed by atoms with Crippen molar-refractivity contribution in [1.29, 1.82) is 0 Å². The van der Waals surface area contributed by atoms with Gasteiger partial charge in [0.05, 0.1) is 25.5 Å². The second-order valence-electron chi connectivity index (χ2n) is 7.05. The number of nitrogens with one attached hydrogen (secondary N) is 2. The molecule has 0 radical (unpaired) electrons. The molecule has 4 rings (SSSR count). The van der Waals surface area contributed by atoms with Crippen molar-refractivity contribution >= 4 is 46.5 Å². The van der Waals surface area contributed by atoms with Gasteiger partial charge in [0.25, 0.3) is 0 Å². The van der Waals surface area contributed by atoms with E-state index in [2.05, 4.69) is 20.5 Å². The summed E-state index contributed by atoms with van der Waals surface area (Å²) in [6.07, 6.45) is 4.86. The van der Waals surface area contributed by atoms with Crippen LogP contribution in [0.25, 0.3) is 11.7 Å². The Bertz CT molecular complexity index is 1100. The second kappa shape index (κ2) is 9.74. The summed E-state index contributed by atoms with van der Waals surface area (Å²) in [5.41, 5.74) is 2.62. The van der Waals surface area contributed by atoms with Gasteiger partial charge in [-0.05, 0) is 42.5 Å². The number of pyridine rings is 1. The minimum absolute atomic E-state index is 0.0773. The van der Waals surface area contributed by atoms with Gasteiger partial charge in [-0.25, -0.2) is 4.98 Å². The number of carbonyl (C=O) groups is 2. The fourth-order valence-electron chi connectivity index (χ4n) is 3.27. The number of anilines is 2. The van der Waals surface area contributed by atoms with Gasteiger partial charge in [0.15, 0.2) is 5.15 Å². The smallest absolute Gasteiger partial charge is 0.248 e. The molecule has 0 unspecified atom stereocenters. The third kappa shape index (κ3) is 5.49. The van der Waals surface area contributed by atoms with Crippen LogP contribution in [0.4, 0.5) is 11.4 Å². The molecule has 0 spiro atoms. The maximum Gasteiger partial charge on any atom is 0.248 e. The molecule has 9 heteroatoms. The fraction of sp³-hybridized carbons (Fsp3) is 0.227. The summed E-state index contributed by atoms with van der Waals surface area (Å²) in [5.74, 6) is -0.377. The Morgan fingerprint density at radius 3 is 2.52 bits per heavy atom. The van der Waals surface area contributed by atoms with Gasteiger partial charge in [-0.3, -0.25) is 18.9 Å². The molecule has 0 saturated carbocycles. The average molecular weight is 440 g/mol. The van der Waals surface area contributed by atoms with Crippen LogP contribution in [0.5, 0.6) is 0 Å². The molecule has 160 valence electrons. The predicted octanol–water partition coefficient (Wildman–Crippen LogP) is 2.91. The number of ether oxygens (including phenoxy) is 1. The molecule has 3 heterocycles. The van der Waals surface area contributed by atoms with Crippen molar-refractivity contribution in [3.8, 4) is 0 Å². The lowest BCUT2D eigenvalue weighted by Crippen LogP contribution is -2.41. The van der Waals surface area contributed by atoms with Gasteiger partial charge in [-0.1, -0.05) is 17.7 Å². The van der Waals surface area contributed by atoms with Crippen LogP contribution < -0.4 is 10.6 Å². The zero-order valence-corrected chi connectivity index (χ0v) is 17.5. The molecule has 2 amide bonds. The van der Waals surface area contributed by atoms with Crippen LogP contribution in [-0.4, -0.2) is 58.9 Å². The summed E-state index contributed by atoms with van der Waals surface area (Å²) >= 11 is 6.17. The van der Waals surface area contributed by atoms with Crippen molar-refractivity contribution in [2.24, 2.45) is 0 Å². The van der Waals surface area contributed by atoms with Gasteiger partial charge in [-0.2, -0.15) is 0 Å². The maximum atomic E-state index is 12.3. The van der Waals surface area contributed by atoms with E-state index in [0.717, 1.165) is 13.1 Å². The summed E-state index contributed by atoms with van der Waals surface area (Å²) in [4.78, 5) is 30.8. The van der Waals surface area contributed by atoms with Crippen LogP contribution in [-0.2, 0) is 14.3 Å². The van der Waals surface area contributed by atoms with Crippen LogP contribution in [0.3, 0.4) is 0 Å². The van der Waals surface area contributed by atoms with E-state index in [1.807, 2.05) is 24.4 Å². The molecule has 1 aromatic carbocycles. The SMILES string of the molecule is O=C(/C=C/c1c(Cl)nc2ccccn12)Nc1ccc(NC(=O)CN2CCOCC2)cc1. The molecule has 8 nitrogen and oxygen atoms in total. The molecule has 0 atom stereocenters. The highest BCUT2D eigenvalue weighted by molar-refractivity contribution is 6.31. The summed E-state index contributed by atoms with van der Waals surface area (Å²) in [6.45, 7) is 3.15. The third-order valence-corrected chi connectivity index (χ3v) is 5.10. The number of nitrogens with zero attached hydrogens (tertiary/aromatic N) is 3. The van der Waals surface area contributed by atoms with E-state index in [1.165, 1.54) is 6.08 Å². The van der Waals surface area contributed by atoms with Gasteiger partial charge in [0, 0.05) is 36.7 Å². The normalized spacial score (nSPS) is 14.7. The number of morpholine rings is 1. The first-order valence-corrected chi connectivity index (χ1v) is 10.3. The first-order chi connectivity index (χ1) is 15.1. The highest BCUT2D eigenvalue weighted by Gasteiger charge is 2.14. The summed E-state index contributed by atoms with van der Waals surface area (Å²) in [5, 5.41) is 5.98. The molecule has 3 aromatic rings. The molecule has 2 N–H and O–H groups in total. The van der Waals surface area contributed by atoms with Crippen LogP contribution in [0, 0.1) is 0 Å². The number of benzene rings is 1. The van der Waals surface area contributed by atoms with Gasteiger partial charge in [-0.15, -0.1) is 0 Å². The van der Waals surface area contributed by atoms with Crippen molar-refractivity contribution in [2.45, 2.75) is 0 Å². The monoisotopic (exact) mass is 439 g/mol. The van der Waals surface area contributed by atoms with Crippen molar-refractivity contribution in [3.05, 3.63) is 65.6 Å². The summed E-state index contributed by atoms with van der Waals surface area (Å²) in [6, 6.07) is 12.5. The van der Waals surface area contributed by atoms with Gasteiger partial charge in [0.2, 0.25) is 11.8 Å². The molecule has 1 fully saturated rings. The Hall–Kier alpha value is -3.20. The quantitative estimate of drug-likeness (QED) is 0.576. The lowest BCUT2D eigenvalue weighted by Gasteiger charge is -2.25. The lowest BCUT2D eigenvalue weighted by atomic mass is 10.2. The molecular formula is C22H22ClN5O3. The van der Waals surface area contributed by atoms with E-state index in [1.54, 1.807) is 34.7 Å². The average Bonchev–Trinajstić information content (AvgIpc) is 3.09. The molecule has 2 aromatic heterocycles. The first kappa shape index (κ1) is 21.0. The third-order valence-electron chi connectivity index (χ3n) is 4.82. The van der Waals surface area contributed by atoms with E-state index in [4.69, 9.17) is 16.3 Å². The zero-order chi connectivity index (χ0) is 21.6. The number of carbonyl (C=O) groups excluding carboxylic acids is 2. The number of amides is 2. The van der Waals surface area contributed by atoms with Gasteiger partial charge in [0.1, 0.15) is 5.65 Å². The zero-order valence-electron chi connectivity index (χ0n) is 16.8. The topological polar surface area (TPSA) is 88.0 Å². The van der Waals surface area contributed by atoms with Gasteiger partial charge >= 0.3 is 0 Å².